The molecule has 1 heterocycles. The van der Waals surface area contributed by atoms with Gasteiger partial charge in [0, 0.05) is 44.8 Å². The van der Waals surface area contributed by atoms with Crippen molar-refractivity contribution in [2.45, 2.75) is 18.9 Å². The SMILES string of the molecule is COCCCC(=O)N1CCNCC1c1ccccc1Cl.Cl. The zero-order valence-electron chi connectivity index (χ0n) is 12.2. The van der Waals surface area contributed by atoms with Crippen LogP contribution >= 0.6 is 24.0 Å². The van der Waals surface area contributed by atoms with Gasteiger partial charge in [0.2, 0.25) is 5.91 Å². The zero-order chi connectivity index (χ0) is 14.4. The Balaban J connectivity index is 0.00000220. The number of amides is 1. The van der Waals surface area contributed by atoms with Crippen molar-refractivity contribution in [1.29, 1.82) is 0 Å². The number of nitrogens with one attached hydrogen (secondary N) is 1. The van der Waals surface area contributed by atoms with Gasteiger partial charge in [0.05, 0.1) is 6.04 Å². The number of hydrogen-bond donors (Lipinski definition) is 1. The van der Waals surface area contributed by atoms with Crippen LogP contribution < -0.4 is 5.32 Å². The first-order valence-corrected chi connectivity index (χ1v) is 7.35. The zero-order valence-corrected chi connectivity index (χ0v) is 13.8. The average molecular weight is 333 g/mol. The molecule has 0 radical (unpaired) electrons. The Hall–Kier alpha value is -0.810. The van der Waals surface area contributed by atoms with Crippen molar-refractivity contribution in [1.82, 2.24) is 10.2 Å². The minimum atomic E-state index is 0. The summed E-state index contributed by atoms with van der Waals surface area (Å²) in [6.07, 6.45) is 1.28. The molecule has 1 fully saturated rings. The molecule has 21 heavy (non-hydrogen) atoms. The maximum Gasteiger partial charge on any atom is 0.223 e. The first-order chi connectivity index (χ1) is 9.74. The number of piperazine rings is 1. The first-order valence-electron chi connectivity index (χ1n) is 6.97. The smallest absolute Gasteiger partial charge is 0.223 e. The highest BCUT2D eigenvalue weighted by molar-refractivity contribution is 6.31. The fraction of sp³-hybridized carbons (Fsp3) is 0.533. The van der Waals surface area contributed by atoms with Crippen LogP contribution in [0.2, 0.25) is 5.02 Å². The van der Waals surface area contributed by atoms with Gasteiger partial charge in [0.15, 0.2) is 0 Å². The van der Waals surface area contributed by atoms with Crippen molar-refractivity contribution in [2.24, 2.45) is 0 Å². The summed E-state index contributed by atoms with van der Waals surface area (Å²) in [5.74, 6) is 0.175. The summed E-state index contributed by atoms with van der Waals surface area (Å²) in [5, 5.41) is 4.05. The molecule has 1 aromatic carbocycles. The number of halogens is 2. The van der Waals surface area contributed by atoms with Crippen LogP contribution in [-0.2, 0) is 9.53 Å². The van der Waals surface area contributed by atoms with E-state index >= 15 is 0 Å². The highest BCUT2D eigenvalue weighted by Gasteiger charge is 2.28. The van der Waals surface area contributed by atoms with Crippen molar-refractivity contribution < 1.29 is 9.53 Å². The van der Waals surface area contributed by atoms with Gasteiger partial charge in [-0.1, -0.05) is 29.8 Å². The van der Waals surface area contributed by atoms with Crippen LogP contribution in [0.15, 0.2) is 24.3 Å². The summed E-state index contributed by atoms with van der Waals surface area (Å²) < 4.78 is 5.01. The highest BCUT2D eigenvalue weighted by Crippen LogP contribution is 2.28. The maximum absolute atomic E-state index is 12.4. The lowest BCUT2D eigenvalue weighted by molar-refractivity contribution is -0.134. The van der Waals surface area contributed by atoms with Crippen LogP contribution in [-0.4, -0.2) is 44.2 Å². The summed E-state index contributed by atoms with van der Waals surface area (Å²) in [5.41, 5.74) is 1.02. The molecule has 4 nitrogen and oxygen atoms in total. The van der Waals surface area contributed by atoms with Gasteiger partial charge in [-0.15, -0.1) is 12.4 Å². The molecule has 1 unspecified atom stereocenters. The van der Waals surface area contributed by atoms with E-state index in [-0.39, 0.29) is 24.4 Å². The first kappa shape index (κ1) is 18.2. The fourth-order valence-corrected chi connectivity index (χ4v) is 2.80. The number of nitrogens with zero attached hydrogens (tertiary/aromatic N) is 1. The number of benzene rings is 1. The molecular weight excluding hydrogens is 311 g/mol. The third-order valence-electron chi connectivity index (χ3n) is 3.57. The van der Waals surface area contributed by atoms with Crippen LogP contribution in [0.4, 0.5) is 0 Å². The lowest BCUT2D eigenvalue weighted by Crippen LogP contribution is -2.48. The molecule has 1 saturated heterocycles. The van der Waals surface area contributed by atoms with Crippen LogP contribution in [0.25, 0.3) is 0 Å². The lowest BCUT2D eigenvalue weighted by Gasteiger charge is -2.37. The Kier molecular flexibility index (Phi) is 8.04. The van der Waals surface area contributed by atoms with Crippen LogP contribution in [0.3, 0.4) is 0 Å². The molecule has 118 valence electrons. The summed E-state index contributed by atoms with van der Waals surface area (Å²) in [4.78, 5) is 14.3. The Morgan fingerprint density at radius 3 is 2.95 bits per heavy atom. The quantitative estimate of drug-likeness (QED) is 0.843. The van der Waals surface area contributed by atoms with Crippen molar-refractivity contribution in [3.05, 3.63) is 34.9 Å². The molecule has 6 heteroatoms. The van der Waals surface area contributed by atoms with Crippen LogP contribution in [0.1, 0.15) is 24.4 Å². The summed E-state index contributed by atoms with van der Waals surface area (Å²) in [7, 11) is 1.65. The minimum absolute atomic E-state index is 0. The largest absolute Gasteiger partial charge is 0.385 e. The number of methoxy groups -OCH3 is 1. The van der Waals surface area contributed by atoms with Crippen LogP contribution in [0.5, 0.6) is 0 Å². The standard InChI is InChI=1S/C15H21ClN2O2.ClH/c1-20-10-4-7-15(19)18-9-8-17-11-14(18)12-5-2-3-6-13(12)16;/h2-3,5-6,14,17H,4,7-11H2,1H3;1H. The Morgan fingerprint density at radius 2 is 2.24 bits per heavy atom. The van der Waals surface area contributed by atoms with Gasteiger partial charge in [0.25, 0.3) is 0 Å². The second-order valence-electron chi connectivity index (χ2n) is 4.92. The fourth-order valence-electron chi connectivity index (χ4n) is 2.54. The molecule has 1 amide bonds. The Labute approximate surface area is 137 Å². The van der Waals surface area contributed by atoms with E-state index in [0.717, 1.165) is 36.6 Å². The highest BCUT2D eigenvalue weighted by atomic mass is 35.5. The molecule has 1 aromatic rings. The second-order valence-corrected chi connectivity index (χ2v) is 5.33. The van der Waals surface area contributed by atoms with E-state index in [1.54, 1.807) is 7.11 Å². The van der Waals surface area contributed by atoms with Gasteiger partial charge in [-0.2, -0.15) is 0 Å². The van der Waals surface area contributed by atoms with Crippen molar-refractivity contribution >= 4 is 29.9 Å². The third-order valence-corrected chi connectivity index (χ3v) is 3.91. The molecule has 1 N–H and O–H groups in total. The number of carbonyl (C=O) groups excluding carboxylic acids is 1. The maximum atomic E-state index is 12.4. The topological polar surface area (TPSA) is 41.6 Å². The number of ether oxygens (including phenoxy) is 1. The predicted molar refractivity (Wildman–Crippen MR) is 87.1 cm³/mol. The van der Waals surface area contributed by atoms with Gasteiger partial charge >= 0.3 is 0 Å². The molecule has 2 rings (SSSR count). The van der Waals surface area contributed by atoms with Crippen molar-refractivity contribution in [3.63, 3.8) is 0 Å². The van der Waals surface area contributed by atoms with Crippen molar-refractivity contribution in [2.75, 3.05) is 33.4 Å². The van der Waals surface area contributed by atoms with Gasteiger partial charge in [0.1, 0.15) is 0 Å². The molecule has 0 bridgehead atoms. The number of rotatable bonds is 5. The summed E-state index contributed by atoms with van der Waals surface area (Å²) in [6, 6.07) is 7.76. The minimum Gasteiger partial charge on any atom is -0.385 e. The Bertz CT molecular complexity index is 457. The van der Waals surface area contributed by atoms with E-state index in [1.165, 1.54) is 0 Å². The van der Waals surface area contributed by atoms with E-state index in [1.807, 2.05) is 29.2 Å². The molecule has 1 atom stereocenters. The van der Waals surface area contributed by atoms with E-state index < -0.39 is 0 Å². The average Bonchev–Trinajstić information content (AvgIpc) is 2.48. The van der Waals surface area contributed by atoms with Crippen LogP contribution in [0, 0.1) is 0 Å². The van der Waals surface area contributed by atoms with Gasteiger partial charge in [-0.3, -0.25) is 4.79 Å². The van der Waals surface area contributed by atoms with Crippen molar-refractivity contribution in [3.8, 4) is 0 Å². The summed E-state index contributed by atoms with van der Waals surface area (Å²) >= 11 is 6.27. The second kappa shape index (κ2) is 9.26. The molecule has 0 spiro atoms. The molecular formula is C15H22Cl2N2O2. The van der Waals surface area contributed by atoms with E-state index in [2.05, 4.69) is 5.32 Å². The predicted octanol–water partition coefficient (Wildman–Crippen LogP) is 2.66. The molecule has 0 saturated carbocycles. The summed E-state index contributed by atoms with van der Waals surface area (Å²) in [6.45, 7) is 2.92. The van der Waals surface area contributed by atoms with Gasteiger partial charge < -0.3 is 15.0 Å². The third kappa shape index (κ3) is 4.85. The van der Waals surface area contributed by atoms with E-state index in [0.29, 0.717) is 13.0 Å². The molecule has 1 aliphatic heterocycles. The number of carbonyl (C=O) groups is 1. The van der Waals surface area contributed by atoms with E-state index in [9.17, 15) is 4.79 Å². The molecule has 0 aromatic heterocycles. The van der Waals surface area contributed by atoms with E-state index in [4.69, 9.17) is 16.3 Å². The monoisotopic (exact) mass is 332 g/mol. The lowest BCUT2D eigenvalue weighted by atomic mass is 10.0. The number of hydrogen-bond acceptors (Lipinski definition) is 3. The molecule has 1 aliphatic rings. The molecule has 0 aliphatic carbocycles. The Morgan fingerprint density at radius 1 is 1.48 bits per heavy atom. The van der Waals surface area contributed by atoms with Gasteiger partial charge in [-0.25, -0.2) is 0 Å². The normalized spacial score (nSPS) is 18.2. The van der Waals surface area contributed by atoms with Gasteiger partial charge in [-0.05, 0) is 18.1 Å².